The van der Waals surface area contributed by atoms with Crippen LogP contribution in [-0.4, -0.2) is 28.1 Å². The lowest BCUT2D eigenvalue weighted by Crippen LogP contribution is -2.51. The van der Waals surface area contributed by atoms with Crippen molar-refractivity contribution in [2.24, 2.45) is 0 Å². The maximum Gasteiger partial charge on any atom is 0.323 e. The molecule has 0 fully saturated rings. The van der Waals surface area contributed by atoms with E-state index in [9.17, 15) is 9.90 Å². The minimum Gasteiger partial charge on any atom is -0.480 e. The number of nitrogens with zero attached hydrogens (tertiary/aromatic N) is 1. The van der Waals surface area contributed by atoms with Crippen LogP contribution < -0.4 is 0 Å². The van der Waals surface area contributed by atoms with Crippen LogP contribution in [0, 0.1) is 0 Å². The van der Waals surface area contributed by atoms with Gasteiger partial charge in [-0.25, -0.2) is 0 Å². The molecule has 1 aromatic rings. The summed E-state index contributed by atoms with van der Waals surface area (Å²) in [6.07, 6.45) is 0.876. The summed E-state index contributed by atoms with van der Waals surface area (Å²) in [4.78, 5) is 13.5. The van der Waals surface area contributed by atoms with Crippen LogP contribution in [0.3, 0.4) is 0 Å². The van der Waals surface area contributed by atoms with E-state index < -0.39 is 11.5 Å². The topological polar surface area (TPSA) is 40.5 Å². The van der Waals surface area contributed by atoms with Crippen LogP contribution in [0.1, 0.15) is 45.7 Å². The number of carboxylic acid groups (broad SMARTS) is 1. The van der Waals surface area contributed by atoms with Gasteiger partial charge in [-0.3, -0.25) is 9.69 Å². The highest BCUT2D eigenvalue weighted by Crippen LogP contribution is 2.32. The van der Waals surface area contributed by atoms with E-state index in [4.69, 9.17) is 0 Å². The molecule has 0 bridgehead atoms. The van der Waals surface area contributed by atoms with Crippen molar-refractivity contribution in [3.8, 4) is 0 Å². The van der Waals surface area contributed by atoms with E-state index in [1.807, 2.05) is 24.0 Å². The second kappa shape index (κ2) is 6.53. The normalized spacial score (nSPS) is 13.6. The molecule has 0 heterocycles. The van der Waals surface area contributed by atoms with Gasteiger partial charge >= 0.3 is 5.97 Å². The number of benzene rings is 1. The van der Waals surface area contributed by atoms with Gasteiger partial charge in [-0.15, -0.1) is 0 Å². The molecule has 0 aliphatic rings. The summed E-state index contributed by atoms with van der Waals surface area (Å²) >= 11 is 3.48. The van der Waals surface area contributed by atoms with Crippen molar-refractivity contribution in [2.45, 2.75) is 45.7 Å². The third kappa shape index (κ3) is 3.57. The molecule has 1 atom stereocenters. The third-order valence-corrected chi connectivity index (χ3v) is 4.07. The zero-order chi connectivity index (χ0) is 14.6. The maximum absolute atomic E-state index is 11.5. The fourth-order valence-electron chi connectivity index (χ4n) is 2.48. The van der Waals surface area contributed by atoms with Crippen LogP contribution in [0.2, 0.25) is 0 Å². The van der Waals surface area contributed by atoms with E-state index in [-0.39, 0.29) is 6.04 Å². The van der Waals surface area contributed by atoms with Crippen molar-refractivity contribution < 1.29 is 9.90 Å². The highest BCUT2D eigenvalue weighted by Gasteiger charge is 2.37. The fourth-order valence-corrected chi connectivity index (χ4v) is 2.89. The van der Waals surface area contributed by atoms with Gasteiger partial charge in [-0.2, -0.15) is 0 Å². The van der Waals surface area contributed by atoms with Gasteiger partial charge in [0.15, 0.2) is 0 Å². The first kappa shape index (κ1) is 16.2. The lowest BCUT2D eigenvalue weighted by atomic mass is 9.95. The Morgan fingerprint density at radius 3 is 2.47 bits per heavy atom. The number of hydrogen-bond donors (Lipinski definition) is 1. The van der Waals surface area contributed by atoms with Gasteiger partial charge in [0.05, 0.1) is 0 Å². The summed E-state index contributed by atoms with van der Waals surface area (Å²) in [5.74, 6) is -0.789. The van der Waals surface area contributed by atoms with Crippen LogP contribution >= 0.6 is 15.9 Å². The van der Waals surface area contributed by atoms with Crippen molar-refractivity contribution in [2.75, 3.05) is 6.54 Å². The van der Waals surface area contributed by atoms with Gasteiger partial charge in [-0.1, -0.05) is 41.9 Å². The number of carboxylic acids is 1. The first-order valence-electron chi connectivity index (χ1n) is 6.60. The molecular weight excluding hydrogens is 306 g/mol. The molecule has 0 aliphatic heterocycles. The van der Waals surface area contributed by atoms with Crippen molar-refractivity contribution in [1.29, 1.82) is 0 Å². The van der Waals surface area contributed by atoms with Crippen LogP contribution in [0.25, 0.3) is 0 Å². The lowest BCUT2D eigenvalue weighted by molar-refractivity contribution is -0.151. The fraction of sp³-hybridized carbons (Fsp3) is 0.533. The molecule has 19 heavy (non-hydrogen) atoms. The van der Waals surface area contributed by atoms with Gasteiger partial charge in [0.25, 0.3) is 0 Å². The second-order valence-corrected chi connectivity index (χ2v) is 6.04. The molecule has 0 aliphatic carbocycles. The number of hydrogen-bond acceptors (Lipinski definition) is 2. The number of rotatable bonds is 6. The van der Waals surface area contributed by atoms with Gasteiger partial charge in [0.2, 0.25) is 0 Å². The highest BCUT2D eigenvalue weighted by atomic mass is 79.9. The van der Waals surface area contributed by atoms with Gasteiger partial charge in [0.1, 0.15) is 5.54 Å². The predicted molar refractivity (Wildman–Crippen MR) is 81.3 cm³/mol. The van der Waals surface area contributed by atoms with Crippen LogP contribution in [-0.2, 0) is 4.79 Å². The summed E-state index contributed by atoms with van der Waals surface area (Å²) in [7, 11) is 0. The zero-order valence-electron chi connectivity index (χ0n) is 12.0. The average molecular weight is 328 g/mol. The molecule has 1 unspecified atom stereocenters. The Kier molecular flexibility index (Phi) is 5.56. The summed E-state index contributed by atoms with van der Waals surface area (Å²) in [6.45, 7) is 8.32. The molecule has 1 rings (SSSR count). The minimum atomic E-state index is -0.877. The molecular formula is C15H22BrNO2. The van der Waals surface area contributed by atoms with Crippen LogP contribution in [0.4, 0.5) is 0 Å². The lowest BCUT2D eigenvalue weighted by Gasteiger charge is -2.40. The Bertz CT molecular complexity index is 446. The molecule has 1 N–H and O–H groups in total. The molecule has 0 saturated carbocycles. The molecule has 0 saturated heterocycles. The molecule has 0 spiro atoms. The van der Waals surface area contributed by atoms with E-state index in [0.717, 1.165) is 16.5 Å². The van der Waals surface area contributed by atoms with E-state index >= 15 is 0 Å². The Morgan fingerprint density at radius 1 is 1.42 bits per heavy atom. The van der Waals surface area contributed by atoms with Gasteiger partial charge in [-0.05, 0) is 44.5 Å². The standard InChI is InChI=1S/C15H22BrNO2/c1-5-13(11-8-7-9-12(16)10-11)17(6-2)15(3,4)14(18)19/h7-10,13H,5-6H2,1-4H3,(H,18,19). The SMILES string of the molecule is CCC(c1cccc(Br)c1)N(CC)C(C)(C)C(=O)O. The number of halogens is 1. The summed E-state index contributed by atoms with van der Waals surface area (Å²) in [5, 5.41) is 9.44. The molecule has 3 nitrogen and oxygen atoms in total. The van der Waals surface area contributed by atoms with Crippen molar-refractivity contribution >= 4 is 21.9 Å². The van der Waals surface area contributed by atoms with Crippen LogP contribution in [0.15, 0.2) is 28.7 Å². The first-order valence-corrected chi connectivity index (χ1v) is 7.39. The van der Waals surface area contributed by atoms with E-state index in [1.54, 1.807) is 13.8 Å². The largest absolute Gasteiger partial charge is 0.480 e. The second-order valence-electron chi connectivity index (χ2n) is 5.13. The molecule has 0 aromatic heterocycles. The minimum absolute atomic E-state index is 0.105. The quantitative estimate of drug-likeness (QED) is 0.855. The third-order valence-electron chi connectivity index (χ3n) is 3.58. The Morgan fingerprint density at radius 2 is 2.05 bits per heavy atom. The number of aliphatic carboxylic acids is 1. The number of likely N-dealkylation sites (N-methyl/N-ethyl adjacent to an activating group) is 1. The molecule has 1 aromatic carbocycles. The monoisotopic (exact) mass is 327 g/mol. The average Bonchev–Trinajstić information content (AvgIpc) is 2.35. The van der Waals surface area contributed by atoms with Gasteiger partial charge < -0.3 is 5.11 Å². The summed E-state index contributed by atoms with van der Waals surface area (Å²) in [5.41, 5.74) is 0.269. The Hall–Kier alpha value is -0.870. The smallest absolute Gasteiger partial charge is 0.323 e. The van der Waals surface area contributed by atoms with E-state index in [2.05, 4.69) is 35.0 Å². The van der Waals surface area contributed by atoms with E-state index in [0.29, 0.717) is 6.54 Å². The van der Waals surface area contributed by atoms with Crippen LogP contribution in [0.5, 0.6) is 0 Å². The van der Waals surface area contributed by atoms with Crippen molar-refractivity contribution in [3.05, 3.63) is 34.3 Å². The predicted octanol–water partition coefficient (Wildman–Crippen LogP) is 4.09. The summed E-state index contributed by atoms with van der Waals surface area (Å²) < 4.78 is 1.02. The van der Waals surface area contributed by atoms with Crippen molar-refractivity contribution in [3.63, 3.8) is 0 Å². The zero-order valence-corrected chi connectivity index (χ0v) is 13.6. The van der Waals surface area contributed by atoms with Crippen molar-refractivity contribution in [1.82, 2.24) is 4.90 Å². The first-order chi connectivity index (χ1) is 8.84. The Labute approximate surface area is 123 Å². The molecule has 0 radical (unpaired) electrons. The molecule has 4 heteroatoms. The summed E-state index contributed by atoms with van der Waals surface area (Å²) in [6, 6.07) is 8.20. The highest BCUT2D eigenvalue weighted by molar-refractivity contribution is 9.10. The Balaban J connectivity index is 3.16. The number of carbonyl (C=O) groups is 1. The maximum atomic E-state index is 11.5. The molecule has 106 valence electrons. The van der Waals surface area contributed by atoms with Gasteiger partial charge in [0, 0.05) is 10.5 Å². The van der Waals surface area contributed by atoms with E-state index in [1.165, 1.54) is 0 Å². The molecule has 0 amide bonds.